The van der Waals surface area contributed by atoms with Crippen LogP contribution in [0.15, 0.2) is 42.5 Å². The van der Waals surface area contributed by atoms with E-state index < -0.39 is 5.97 Å². The summed E-state index contributed by atoms with van der Waals surface area (Å²) < 4.78 is 0. The standard InChI is InChI=1S/C16H17NO2/c18-16(19)11-17-10-4-9-15(17)14-8-3-6-12-5-1-2-7-13(12)14/h1-3,5-8,15H,4,9-11H2,(H,18,19)/t15-/m0/s1. The molecule has 1 N–H and O–H groups in total. The molecular weight excluding hydrogens is 238 g/mol. The summed E-state index contributed by atoms with van der Waals surface area (Å²) in [7, 11) is 0. The van der Waals surface area contributed by atoms with E-state index in [0.717, 1.165) is 19.4 Å². The maximum absolute atomic E-state index is 11.0. The van der Waals surface area contributed by atoms with Gasteiger partial charge in [-0.25, -0.2) is 0 Å². The molecule has 3 heteroatoms. The zero-order valence-electron chi connectivity index (χ0n) is 10.7. The van der Waals surface area contributed by atoms with E-state index in [1.807, 2.05) is 12.1 Å². The van der Waals surface area contributed by atoms with Crippen molar-refractivity contribution in [1.82, 2.24) is 4.90 Å². The summed E-state index contributed by atoms with van der Waals surface area (Å²) in [6.45, 7) is 1.01. The lowest BCUT2D eigenvalue weighted by molar-refractivity contribution is -0.138. The Morgan fingerprint density at radius 2 is 2.00 bits per heavy atom. The van der Waals surface area contributed by atoms with Crippen LogP contribution >= 0.6 is 0 Å². The van der Waals surface area contributed by atoms with Gasteiger partial charge in [-0.05, 0) is 35.7 Å². The molecule has 0 spiro atoms. The number of hydrogen-bond acceptors (Lipinski definition) is 2. The Hall–Kier alpha value is -1.87. The van der Waals surface area contributed by atoms with Gasteiger partial charge in [-0.1, -0.05) is 42.5 Å². The van der Waals surface area contributed by atoms with Crippen LogP contribution in [0, 0.1) is 0 Å². The number of hydrogen-bond donors (Lipinski definition) is 1. The summed E-state index contributed by atoms with van der Waals surface area (Å²) in [4.78, 5) is 13.0. The molecule has 0 saturated carbocycles. The molecule has 98 valence electrons. The number of fused-ring (bicyclic) bond motifs is 1. The van der Waals surface area contributed by atoms with Crippen LogP contribution in [0.4, 0.5) is 0 Å². The first kappa shape index (κ1) is 12.2. The Balaban J connectivity index is 2.01. The quantitative estimate of drug-likeness (QED) is 0.916. The van der Waals surface area contributed by atoms with Crippen LogP contribution in [0.3, 0.4) is 0 Å². The van der Waals surface area contributed by atoms with Gasteiger partial charge in [-0.15, -0.1) is 0 Å². The minimum Gasteiger partial charge on any atom is -0.480 e. The Morgan fingerprint density at radius 3 is 2.84 bits per heavy atom. The van der Waals surface area contributed by atoms with Gasteiger partial charge in [0.1, 0.15) is 0 Å². The second kappa shape index (κ2) is 5.02. The van der Waals surface area contributed by atoms with Crippen LogP contribution in [-0.2, 0) is 4.79 Å². The van der Waals surface area contributed by atoms with E-state index in [9.17, 15) is 4.79 Å². The highest BCUT2D eigenvalue weighted by atomic mass is 16.4. The van der Waals surface area contributed by atoms with Crippen molar-refractivity contribution < 1.29 is 9.90 Å². The maximum Gasteiger partial charge on any atom is 0.317 e. The van der Waals surface area contributed by atoms with E-state index in [1.54, 1.807) is 0 Å². The lowest BCUT2D eigenvalue weighted by Crippen LogP contribution is -2.29. The average Bonchev–Trinajstić information content (AvgIpc) is 2.85. The van der Waals surface area contributed by atoms with Gasteiger partial charge in [0.25, 0.3) is 0 Å². The van der Waals surface area contributed by atoms with Gasteiger partial charge >= 0.3 is 5.97 Å². The lowest BCUT2D eigenvalue weighted by atomic mass is 9.97. The van der Waals surface area contributed by atoms with Crippen molar-refractivity contribution in [2.24, 2.45) is 0 Å². The van der Waals surface area contributed by atoms with Crippen LogP contribution in [0.5, 0.6) is 0 Å². The molecule has 1 aliphatic rings. The first-order valence-corrected chi connectivity index (χ1v) is 6.69. The molecule has 1 heterocycles. The van der Waals surface area contributed by atoms with Crippen molar-refractivity contribution in [1.29, 1.82) is 0 Å². The number of likely N-dealkylation sites (tertiary alicyclic amines) is 1. The maximum atomic E-state index is 11.0. The Kier molecular flexibility index (Phi) is 3.22. The first-order valence-electron chi connectivity index (χ1n) is 6.69. The van der Waals surface area contributed by atoms with Gasteiger partial charge in [-0.3, -0.25) is 9.69 Å². The van der Waals surface area contributed by atoms with Gasteiger partial charge in [0.2, 0.25) is 0 Å². The second-order valence-electron chi connectivity index (χ2n) is 5.09. The molecule has 1 fully saturated rings. The molecule has 0 amide bonds. The average molecular weight is 255 g/mol. The van der Waals surface area contributed by atoms with E-state index in [-0.39, 0.29) is 12.6 Å². The smallest absolute Gasteiger partial charge is 0.317 e. The molecule has 0 radical (unpaired) electrons. The second-order valence-corrected chi connectivity index (χ2v) is 5.09. The number of nitrogens with zero attached hydrogens (tertiary/aromatic N) is 1. The van der Waals surface area contributed by atoms with E-state index in [4.69, 9.17) is 5.11 Å². The van der Waals surface area contributed by atoms with Crippen LogP contribution in [-0.4, -0.2) is 29.1 Å². The summed E-state index contributed by atoms with van der Waals surface area (Å²) in [6.07, 6.45) is 2.11. The van der Waals surface area contributed by atoms with Gasteiger partial charge in [0, 0.05) is 6.04 Å². The Morgan fingerprint density at radius 1 is 1.21 bits per heavy atom. The molecule has 2 aromatic carbocycles. The molecule has 0 unspecified atom stereocenters. The molecule has 0 aliphatic carbocycles. The lowest BCUT2D eigenvalue weighted by Gasteiger charge is -2.24. The number of carboxylic acids is 1. The van der Waals surface area contributed by atoms with Crippen LogP contribution in [0.25, 0.3) is 10.8 Å². The molecule has 0 aromatic heterocycles. The molecule has 1 saturated heterocycles. The van der Waals surface area contributed by atoms with Crippen molar-refractivity contribution in [2.45, 2.75) is 18.9 Å². The van der Waals surface area contributed by atoms with Crippen molar-refractivity contribution in [3.63, 3.8) is 0 Å². The summed E-state index contributed by atoms with van der Waals surface area (Å²) in [5.74, 6) is -0.743. The summed E-state index contributed by atoms with van der Waals surface area (Å²) in [5, 5.41) is 11.5. The zero-order valence-corrected chi connectivity index (χ0v) is 10.7. The fourth-order valence-corrected chi connectivity index (χ4v) is 3.08. The van der Waals surface area contributed by atoms with Crippen molar-refractivity contribution in [2.75, 3.05) is 13.1 Å². The van der Waals surface area contributed by atoms with Gasteiger partial charge < -0.3 is 5.11 Å². The number of carboxylic acid groups (broad SMARTS) is 1. The highest BCUT2D eigenvalue weighted by Crippen LogP contribution is 2.35. The predicted molar refractivity (Wildman–Crippen MR) is 75.1 cm³/mol. The monoisotopic (exact) mass is 255 g/mol. The summed E-state index contributed by atoms with van der Waals surface area (Å²) >= 11 is 0. The fourth-order valence-electron chi connectivity index (χ4n) is 3.08. The van der Waals surface area contributed by atoms with Crippen LogP contribution < -0.4 is 0 Å². The van der Waals surface area contributed by atoms with E-state index in [0.29, 0.717) is 0 Å². The molecule has 0 bridgehead atoms. The van der Waals surface area contributed by atoms with Gasteiger partial charge in [0.05, 0.1) is 6.54 Å². The molecule has 3 nitrogen and oxygen atoms in total. The number of aliphatic carboxylic acids is 1. The Bertz CT molecular complexity index is 603. The topological polar surface area (TPSA) is 40.5 Å². The van der Waals surface area contributed by atoms with Crippen molar-refractivity contribution in [3.05, 3.63) is 48.0 Å². The molecule has 3 rings (SSSR count). The molecule has 1 aliphatic heterocycles. The molecular formula is C16H17NO2. The zero-order chi connectivity index (χ0) is 13.2. The third-order valence-corrected chi connectivity index (χ3v) is 3.88. The van der Waals surface area contributed by atoms with Gasteiger partial charge in [-0.2, -0.15) is 0 Å². The summed E-state index contributed by atoms with van der Waals surface area (Å²) in [6, 6.07) is 14.9. The van der Waals surface area contributed by atoms with Gasteiger partial charge in [0.15, 0.2) is 0 Å². The van der Waals surface area contributed by atoms with Crippen LogP contribution in [0.1, 0.15) is 24.4 Å². The predicted octanol–water partition coefficient (Wildman–Crippen LogP) is 3.06. The number of rotatable bonds is 3. The van der Waals surface area contributed by atoms with Crippen molar-refractivity contribution >= 4 is 16.7 Å². The largest absolute Gasteiger partial charge is 0.480 e. The first-order chi connectivity index (χ1) is 9.25. The minimum absolute atomic E-state index is 0.133. The normalized spacial score (nSPS) is 19.9. The third-order valence-electron chi connectivity index (χ3n) is 3.88. The van der Waals surface area contributed by atoms with Crippen LogP contribution in [0.2, 0.25) is 0 Å². The molecule has 2 aromatic rings. The summed E-state index contributed by atoms with van der Waals surface area (Å²) in [5.41, 5.74) is 1.26. The highest BCUT2D eigenvalue weighted by molar-refractivity contribution is 5.86. The number of benzene rings is 2. The number of carbonyl (C=O) groups is 1. The highest BCUT2D eigenvalue weighted by Gasteiger charge is 2.28. The van der Waals surface area contributed by atoms with E-state index >= 15 is 0 Å². The SMILES string of the molecule is O=C(O)CN1CCC[C@H]1c1cccc2ccccc12. The Labute approximate surface area is 112 Å². The molecule has 19 heavy (non-hydrogen) atoms. The minimum atomic E-state index is -0.743. The fraction of sp³-hybridized carbons (Fsp3) is 0.312. The van der Waals surface area contributed by atoms with E-state index in [2.05, 4.69) is 35.2 Å². The van der Waals surface area contributed by atoms with E-state index in [1.165, 1.54) is 16.3 Å². The van der Waals surface area contributed by atoms with Crippen molar-refractivity contribution in [3.8, 4) is 0 Å². The molecule has 1 atom stereocenters. The third kappa shape index (κ3) is 2.34.